The zero-order valence-corrected chi connectivity index (χ0v) is 12.1. The molecule has 0 unspecified atom stereocenters. The zero-order chi connectivity index (χ0) is 13.7. The van der Waals surface area contributed by atoms with Crippen LogP contribution in [-0.2, 0) is 11.3 Å². The standard InChI is InChI=1S/C11H20N4O2S/c1-5-6-15-10(14(4)8(2)3)12-13-11(15)18-7-9(16)17/h8H,5-7H2,1-4H3,(H,16,17). The third kappa shape index (κ3) is 3.63. The molecule has 1 heterocycles. The quantitative estimate of drug-likeness (QED) is 0.762. The molecule has 0 spiro atoms. The summed E-state index contributed by atoms with van der Waals surface area (Å²) in [4.78, 5) is 12.6. The Balaban J connectivity index is 2.94. The van der Waals surface area contributed by atoms with E-state index in [4.69, 9.17) is 5.11 Å². The molecular weight excluding hydrogens is 252 g/mol. The van der Waals surface area contributed by atoms with Crippen molar-refractivity contribution in [1.82, 2.24) is 14.8 Å². The van der Waals surface area contributed by atoms with Crippen molar-refractivity contribution in [1.29, 1.82) is 0 Å². The molecule has 7 heteroatoms. The summed E-state index contributed by atoms with van der Waals surface area (Å²) >= 11 is 1.21. The van der Waals surface area contributed by atoms with Gasteiger partial charge >= 0.3 is 5.97 Å². The monoisotopic (exact) mass is 272 g/mol. The van der Waals surface area contributed by atoms with Crippen LogP contribution in [0.2, 0.25) is 0 Å². The van der Waals surface area contributed by atoms with Gasteiger partial charge < -0.3 is 10.0 Å². The van der Waals surface area contributed by atoms with E-state index in [1.54, 1.807) is 0 Å². The maximum atomic E-state index is 10.6. The number of carboxylic acids is 1. The van der Waals surface area contributed by atoms with Gasteiger partial charge in [-0.1, -0.05) is 18.7 Å². The number of carbonyl (C=O) groups is 1. The smallest absolute Gasteiger partial charge is 0.313 e. The van der Waals surface area contributed by atoms with E-state index in [2.05, 4.69) is 31.0 Å². The van der Waals surface area contributed by atoms with Crippen molar-refractivity contribution in [2.24, 2.45) is 0 Å². The second kappa shape index (κ2) is 6.63. The van der Waals surface area contributed by atoms with E-state index in [1.807, 2.05) is 16.5 Å². The van der Waals surface area contributed by atoms with Crippen molar-refractivity contribution < 1.29 is 9.90 Å². The summed E-state index contributed by atoms with van der Waals surface area (Å²) in [5, 5.41) is 17.6. The van der Waals surface area contributed by atoms with Crippen LogP contribution in [0.5, 0.6) is 0 Å². The first-order chi connectivity index (χ1) is 8.47. The van der Waals surface area contributed by atoms with Crippen LogP contribution in [0.3, 0.4) is 0 Å². The van der Waals surface area contributed by atoms with Crippen LogP contribution in [0, 0.1) is 0 Å². The summed E-state index contributed by atoms with van der Waals surface area (Å²) in [6.45, 7) is 7.02. The summed E-state index contributed by atoms with van der Waals surface area (Å²) in [6.07, 6.45) is 0.956. The number of aliphatic carboxylic acids is 1. The van der Waals surface area contributed by atoms with Crippen LogP contribution in [0.15, 0.2) is 5.16 Å². The molecule has 6 nitrogen and oxygen atoms in total. The van der Waals surface area contributed by atoms with Crippen molar-refractivity contribution in [3.63, 3.8) is 0 Å². The molecule has 18 heavy (non-hydrogen) atoms. The second-order valence-electron chi connectivity index (χ2n) is 4.32. The molecule has 0 saturated heterocycles. The molecule has 1 N–H and O–H groups in total. The summed E-state index contributed by atoms with van der Waals surface area (Å²) in [7, 11) is 1.96. The number of thioether (sulfide) groups is 1. The van der Waals surface area contributed by atoms with Crippen molar-refractivity contribution >= 4 is 23.7 Å². The summed E-state index contributed by atoms with van der Waals surface area (Å²) in [5.41, 5.74) is 0. The van der Waals surface area contributed by atoms with Crippen molar-refractivity contribution in [2.45, 2.75) is 44.9 Å². The SMILES string of the molecule is CCCn1c(SCC(=O)O)nnc1N(C)C(C)C. The first-order valence-electron chi connectivity index (χ1n) is 5.98. The van der Waals surface area contributed by atoms with Gasteiger partial charge in [-0.15, -0.1) is 10.2 Å². The maximum Gasteiger partial charge on any atom is 0.313 e. The highest BCUT2D eigenvalue weighted by Crippen LogP contribution is 2.22. The number of carboxylic acid groups (broad SMARTS) is 1. The maximum absolute atomic E-state index is 10.6. The van der Waals surface area contributed by atoms with Crippen LogP contribution in [-0.4, -0.2) is 44.7 Å². The lowest BCUT2D eigenvalue weighted by Gasteiger charge is -2.23. The average molecular weight is 272 g/mol. The van der Waals surface area contributed by atoms with E-state index in [1.165, 1.54) is 11.8 Å². The predicted octanol–water partition coefficient (Wildman–Crippen LogP) is 1.71. The van der Waals surface area contributed by atoms with Gasteiger partial charge in [0, 0.05) is 19.6 Å². The van der Waals surface area contributed by atoms with Crippen molar-refractivity contribution in [3.05, 3.63) is 0 Å². The third-order valence-corrected chi connectivity index (χ3v) is 3.51. The van der Waals surface area contributed by atoms with Gasteiger partial charge in [0.25, 0.3) is 0 Å². The molecule has 0 amide bonds. The van der Waals surface area contributed by atoms with Crippen molar-refractivity contribution in [3.8, 4) is 0 Å². The molecule has 0 bridgehead atoms. The fraction of sp³-hybridized carbons (Fsp3) is 0.727. The fourth-order valence-electron chi connectivity index (χ4n) is 1.43. The highest BCUT2D eigenvalue weighted by atomic mass is 32.2. The number of anilines is 1. The highest BCUT2D eigenvalue weighted by Gasteiger charge is 2.17. The van der Waals surface area contributed by atoms with Crippen LogP contribution in [0.4, 0.5) is 5.95 Å². The highest BCUT2D eigenvalue weighted by molar-refractivity contribution is 7.99. The predicted molar refractivity (Wildman–Crippen MR) is 72.2 cm³/mol. The molecule has 1 aromatic rings. The molecule has 0 radical (unpaired) electrons. The first kappa shape index (κ1) is 14.8. The summed E-state index contributed by atoms with van der Waals surface area (Å²) in [5.74, 6) is -0.0442. The molecular formula is C11H20N4O2S. The molecule has 0 aliphatic carbocycles. The minimum absolute atomic E-state index is 0.00718. The van der Waals surface area contributed by atoms with E-state index in [0.29, 0.717) is 11.2 Å². The van der Waals surface area contributed by atoms with Gasteiger partial charge in [0.2, 0.25) is 5.95 Å². The van der Waals surface area contributed by atoms with Gasteiger partial charge in [0.15, 0.2) is 5.16 Å². The molecule has 0 atom stereocenters. The van der Waals surface area contributed by atoms with Gasteiger partial charge in [-0.25, -0.2) is 0 Å². The zero-order valence-electron chi connectivity index (χ0n) is 11.3. The number of hydrogen-bond acceptors (Lipinski definition) is 5. The normalized spacial score (nSPS) is 10.9. The molecule has 0 aromatic carbocycles. The van der Waals surface area contributed by atoms with Gasteiger partial charge in [-0.2, -0.15) is 0 Å². The molecule has 0 saturated carbocycles. The Bertz CT molecular complexity index is 406. The average Bonchev–Trinajstić information content (AvgIpc) is 2.69. The second-order valence-corrected chi connectivity index (χ2v) is 5.26. The minimum atomic E-state index is -0.843. The summed E-state index contributed by atoms with van der Waals surface area (Å²) < 4.78 is 1.98. The van der Waals surface area contributed by atoms with Crippen LogP contribution < -0.4 is 4.90 Å². The van der Waals surface area contributed by atoms with E-state index in [-0.39, 0.29) is 5.75 Å². The van der Waals surface area contributed by atoms with Gasteiger partial charge in [0.05, 0.1) is 5.75 Å². The van der Waals surface area contributed by atoms with Gasteiger partial charge in [-0.3, -0.25) is 9.36 Å². The first-order valence-corrected chi connectivity index (χ1v) is 6.96. The number of nitrogens with zero attached hydrogens (tertiary/aromatic N) is 4. The summed E-state index contributed by atoms with van der Waals surface area (Å²) in [6, 6.07) is 0.321. The van der Waals surface area contributed by atoms with Crippen LogP contribution in [0.1, 0.15) is 27.2 Å². The van der Waals surface area contributed by atoms with Gasteiger partial charge in [-0.05, 0) is 20.3 Å². The Morgan fingerprint density at radius 2 is 2.17 bits per heavy atom. The molecule has 0 fully saturated rings. The Labute approximate surface area is 111 Å². The number of aromatic nitrogens is 3. The Morgan fingerprint density at radius 1 is 1.50 bits per heavy atom. The van der Waals surface area contributed by atoms with E-state index in [9.17, 15) is 4.79 Å². The van der Waals surface area contributed by atoms with Crippen LogP contribution >= 0.6 is 11.8 Å². The fourth-order valence-corrected chi connectivity index (χ4v) is 2.11. The lowest BCUT2D eigenvalue weighted by molar-refractivity contribution is -0.133. The lowest BCUT2D eigenvalue weighted by atomic mass is 10.3. The van der Waals surface area contributed by atoms with E-state index < -0.39 is 5.97 Å². The Hall–Kier alpha value is -1.24. The largest absolute Gasteiger partial charge is 0.481 e. The van der Waals surface area contributed by atoms with Gasteiger partial charge in [0.1, 0.15) is 0 Å². The topological polar surface area (TPSA) is 71.2 Å². The van der Waals surface area contributed by atoms with E-state index in [0.717, 1.165) is 18.9 Å². The number of rotatable bonds is 7. The van der Waals surface area contributed by atoms with Crippen molar-refractivity contribution in [2.75, 3.05) is 17.7 Å². The molecule has 0 aliphatic heterocycles. The molecule has 102 valence electrons. The molecule has 0 aliphatic rings. The molecule has 1 aromatic heterocycles. The minimum Gasteiger partial charge on any atom is -0.481 e. The van der Waals surface area contributed by atoms with Crippen LogP contribution in [0.25, 0.3) is 0 Å². The Kier molecular flexibility index (Phi) is 5.46. The third-order valence-electron chi connectivity index (χ3n) is 2.56. The lowest BCUT2D eigenvalue weighted by Crippen LogP contribution is -2.28. The van der Waals surface area contributed by atoms with E-state index >= 15 is 0 Å². The number of hydrogen-bond donors (Lipinski definition) is 1. The molecule has 1 rings (SSSR count). The Morgan fingerprint density at radius 3 is 2.67 bits per heavy atom.